The second-order valence-electron chi connectivity index (χ2n) is 8.28. The Balaban J connectivity index is 0.00000196. The van der Waals surface area contributed by atoms with Gasteiger partial charge in [0.25, 0.3) is 0 Å². The molecular weight excluding hydrogens is 348 g/mol. The Morgan fingerprint density at radius 3 is 2.38 bits per heavy atom. The Hall–Kier alpha value is -1.10. The summed E-state index contributed by atoms with van der Waals surface area (Å²) in [7, 11) is 1.85. The molecule has 2 aliphatic carbocycles. The number of amides is 1. The van der Waals surface area contributed by atoms with Gasteiger partial charge in [-0.25, -0.2) is 0 Å². The van der Waals surface area contributed by atoms with Gasteiger partial charge in [0, 0.05) is 44.1 Å². The molecule has 1 saturated heterocycles. The number of nitrogens with zero attached hydrogens (tertiary/aromatic N) is 1. The summed E-state index contributed by atoms with van der Waals surface area (Å²) < 4.78 is 6.28. The van der Waals surface area contributed by atoms with E-state index in [2.05, 4.69) is 11.0 Å². The number of halogens is 1. The van der Waals surface area contributed by atoms with E-state index in [1.165, 1.54) is 45.1 Å². The smallest absolute Gasteiger partial charge is 0.248 e. The van der Waals surface area contributed by atoms with Crippen molar-refractivity contribution in [1.82, 2.24) is 4.90 Å². The number of methoxy groups -OCH3 is 1. The summed E-state index contributed by atoms with van der Waals surface area (Å²) in [6, 6.07) is 7.85. The van der Waals surface area contributed by atoms with Crippen molar-refractivity contribution in [2.24, 2.45) is 23.5 Å². The number of hydrogen-bond acceptors (Lipinski definition) is 3. The molecule has 26 heavy (non-hydrogen) atoms. The molecule has 2 bridgehead atoms. The summed E-state index contributed by atoms with van der Waals surface area (Å²) in [4.78, 5) is 14.3. The monoisotopic (exact) mass is 378 g/mol. The van der Waals surface area contributed by atoms with Crippen LogP contribution in [0, 0.1) is 17.8 Å². The van der Waals surface area contributed by atoms with Gasteiger partial charge in [0.2, 0.25) is 5.91 Å². The highest BCUT2D eigenvalue weighted by Gasteiger charge is 2.53. The summed E-state index contributed by atoms with van der Waals surface area (Å²) in [5, 5.41) is 0. The predicted octanol–water partition coefficient (Wildman–Crippen LogP) is 3.58. The molecule has 1 aliphatic heterocycles. The average Bonchev–Trinajstić information content (AvgIpc) is 2.57. The standard InChI is InChI=1S/C21H30N2O2.ClH/c1-25-21(17-8-3-7-16(11-17)20(22)24)18-9-4-10-19(21)14-23(13-18)12-15-5-2-6-15;/h3,7-8,11,15,18-19H,2,4-6,9-10,12-14H2,1H3,(H2,22,24);1H/t18-,19+,21-;. The minimum atomic E-state index is -0.360. The van der Waals surface area contributed by atoms with Gasteiger partial charge < -0.3 is 15.4 Å². The predicted molar refractivity (Wildman–Crippen MR) is 106 cm³/mol. The third-order valence-electron chi connectivity index (χ3n) is 6.95. The topological polar surface area (TPSA) is 55.6 Å². The van der Waals surface area contributed by atoms with Gasteiger partial charge in [-0.15, -0.1) is 12.4 Å². The molecule has 1 aromatic carbocycles. The summed E-state index contributed by atoms with van der Waals surface area (Å²) in [6.45, 7) is 3.48. The Labute approximate surface area is 162 Å². The number of rotatable bonds is 5. The molecule has 3 aliphatic rings. The van der Waals surface area contributed by atoms with E-state index in [4.69, 9.17) is 10.5 Å². The maximum atomic E-state index is 11.7. The summed E-state index contributed by atoms with van der Waals surface area (Å²) >= 11 is 0. The van der Waals surface area contributed by atoms with E-state index in [-0.39, 0.29) is 23.9 Å². The highest BCUT2D eigenvalue weighted by Crippen LogP contribution is 2.51. The van der Waals surface area contributed by atoms with Crippen LogP contribution in [0.15, 0.2) is 24.3 Å². The number of ether oxygens (including phenoxy) is 1. The van der Waals surface area contributed by atoms with Gasteiger partial charge >= 0.3 is 0 Å². The molecule has 4 rings (SSSR count). The third kappa shape index (κ3) is 3.28. The van der Waals surface area contributed by atoms with Gasteiger partial charge in [-0.2, -0.15) is 0 Å². The van der Waals surface area contributed by atoms with Crippen molar-refractivity contribution in [3.63, 3.8) is 0 Å². The van der Waals surface area contributed by atoms with E-state index in [9.17, 15) is 4.79 Å². The van der Waals surface area contributed by atoms with E-state index in [0.717, 1.165) is 24.6 Å². The summed E-state index contributed by atoms with van der Waals surface area (Å²) in [6.07, 6.45) is 7.91. The van der Waals surface area contributed by atoms with Crippen molar-refractivity contribution in [1.29, 1.82) is 0 Å². The molecule has 3 fully saturated rings. The van der Waals surface area contributed by atoms with E-state index < -0.39 is 0 Å². The Morgan fingerprint density at radius 2 is 1.85 bits per heavy atom. The first-order chi connectivity index (χ1) is 12.1. The lowest BCUT2D eigenvalue weighted by atomic mass is 9.62. The minimum Gasteiger partial charge on any atom is -0.373 e. The molecule has 0 aromatic heterocycles. The van der Waals surface area contributed by atoms with Crippen LogP contribution in [0.3, 0.4) is 0 Å². The normalized spacial score (nSPS) is 31.7. The van der Waals surface area contributed by atoms with Gasteiger partial charge in [-0.05, 0) is 49.3 Å². The van der Waals surface area contributed by atoms with Crippen LogP contribution in [0.2, 0.25) is 0 Å². The summed E-state index contributed by atoms with van der Waals surface area (Å²) in [5.41, 5.74) is 6.99. The fourth-order valence-electron chi connectivity index (χ4n) is 5.55. The van der Waals surface area contributed by atoms with E-state index >= 15 is 0 Å². The van der Waals surface area contributed by atoms with Crippen LogP contribution in [0.4, 0.5) is 0 Å². The first-order valence-corrected chi connectivity index (χ1v) is 9.81. The zero-order chi connectivity index (χ0) is 17.4. The maximum Gasteiger partial charge on any atom is 0.248 e. The molecule has 0 spiro atoms. The highest BCUT2D eigenvalue weighted by molar-refractivity contribution is 5.92. The van der Waals surface area contributed by atoms with E-state index in [1.54, 1.807) is 6.07 Å². The molecule has 144 valence electrons. The third-order valence-corrected chi connectivity index (χ3v) is 6.95. The van der Waals surface area contributed by atoms with Gasteiger partial charge in [0.05, 0.1) is 0 Å². The quantitative estimate of drug-likeness (QED) is 0.851. The van der Waals surface area contributed by atoms with Crippen molar-refractivity contribution < 1.29 is 9.53 Å². The molecule has 0 radical (unpaired) electrons. The number of carbonyl (C=O) groups is 1. The van der Waals surface area contributed by atoms with Crippen molar-refractivity contribution in [3.05, 3.63) is 35.4 Å². The van der Waals surface area contributed by atoms with E-state index in [0.29, 0.717) is 17.4 Å². The Bertz CT molecular complexity index is 633. The molecule has 2 saturated carbocycles. The fourth-order valence-corrected chi connectivity index (χ4v) is 5.55. The second-order valence-corrected chi connectivity index (χ2v) is 8.28. The van der Waals surface area contributed by atoms with Crippen LogP contribution in [0.1, 0.15) is 54.4 Å². The minimum absolute atomic E-state index is 0. The molecule has 1 amide bonds. The zero-order valence-electron chi connectivity index (χ0n) is 15.7. The van der Waals surface area contributed by atoms with Gasteiger partial charge in [-0.1, -0.05) is 25.0 Å². The van der Waals surface area contributed by atoms with Gasteiger partial charge in [-0.3, -0.25) is 4.79 Å². The van der Waals surface area contributed by atoms with Gasteiger partial charge in [0.1, 0.15) is 5.60 Å². The molecule has 1 heterocycles. The lowest BCUT2D eigenvalue weighted by molar-refractivity contribution is -0.171. The number of nitrogens with two attached hydrogens (primary N) is 1. The van der Waals surface area contributed by atoms with Gasteiger partial charge in [0.15, 0.2) is 0 Å². The van der Waals surface area contributed by atoms with Crippen molar-refractivity contribution in [2.75, 3.05) is 26.7 Å². The number of carbonyl (C=O) groups excluding carboxylic acids is 1. The number of hydrogen-bond donors (Lipinski definition) is 1. The highest BCUT2D eigenvalue weighted by atomic mass is 35.5. The van der Waals surface area contributed by atoms with E-state index in [1.807, 2.05) is 19.2 Å². The lowest BCUT2D eigenvalue weighted by Gasteiger charge is -2.56. The first kappa shape index (κ1) is 19.7. The number of benzene rings is 1. The van der Waals surface area contributed by atoms with Crippen molar-refractivity contribution in [3.8, 4) is 0 Å². The number of piperidine rings is 1. The summed E-state index contributed by atoms with van der Waals surface area (Å²) in [5.74, 6) is 1.54. The Morgan fingerprint density at radius 1 is 1.19 bits per heavy atom. The number of primary amides is 1. The molecule has 1 aromatic rings. The van der Waals surface area contributed by atoms with Crippen LogP contribution >= 0.6 is 12.4 Å². The van der Waals surface area contributed by atoms with Crippen molar-refractivity contribution in [2.45, 2.75) is 44.1 Å². The van der Waals surface area contributed by atoms with Crippen LogP contribution in [-0.4, -0.2) is 37.6 Å². The first-order valence-electron chi connectivity index (χ1n) is 9.81. The number of fused-ring (bicyclic) bond motifs is 2. The SMILES string of the molecule is CO[C@]1(c2cccc(C(N)=O)c2)[C@@H]2CCC[C@H]1CN(CC1CCC1)C2.Cl. The second kappa shape index (κ2) is 7.87. The maximum absolute atomic E-state index is 11.7. The average molecular weight is 379 g/mol. The molecule has 5 heteroatoms. The van der Waals surface area contributed by atoms with Crippen LogP contribution in [-0.2, 0) is 10.3 Å². The lowest BCUT2D eigenvalue weighted by Crippen LogP contribution is -2.59. The largest absolute Gasteiger partial charge is 0.373 e. The molecular formula is C21H31ClN2O2. The Kier molecular flexibility index (Phi) is 5.95. The molecule has 4 nitrogen and oxygen atoms in total. The van der Waals surface area contributed by atoms with Crippen LogP contribution in [0.25, 0.3) is 0 Å². The fraction of sp³-hybridized carbons (Fsp3) is 0.667. The zero-order valence-corrected chi connectivity index (χ0v) is 16.5. The van der Waals surface area contributed by atoms with Crippen molar-refractivity contribution >= 4 is 18.3 Å². The molecule has 3 atom stereocenters. The van der Waals surface area contributed by atoms with Crippen LogP contribution in [0.5, 0.6) is 0 Å². The van der Waals surface area contributed by atoms with Crippen LogP contribution < -0.4 is 5.73 Å². The molecule has 0 unspecified atom stereocenters. The number of likely N-dealkylation sites (tertiary alicyclic amines) is 1. The molecule has 2 N–H and O–H groups in total.